The number of ether oxygens (including phenoxy) is 2. The lowest BCUT2D eigenvalue weighted by molar-refractivity contribution is -0.361. The molecule has 33 heavy (non-hydrogen) atoms. The quantitative estimate of drug-likeness (QED) is 0.203. The molecule has 0 heterocycles. The first-order valence-corrected chi connectivity index (χ1v) is 10.3. The van der Waals surface area contributed by atoms with Crippen LogP contribution in [0.3, 0.4) is 0 Å². The van der Waals surface area contributed by atoms with Gasteiger partial charge in [-0.3, -0.25) is 9.35 Å². The van der Waals surface area contributed by atoms with Gasteiger partial charge in [-0.15, -0.1) is 0 Å². The molecule has 0 bridgehead atoms. The minimum absolute atomic E-state index is 0.0288. The fourth-order valence-corrected chi connectivity index (χ4v) is 3.74. The third-order valence-electron chi connectivity index (χ3n) is 4.28. The Morgan fingerprint density at radius 2 is 1.52 bits per heavy atom. The third-order valence-corrected chi connectivity index (χ3v) is 5.05. The molecule has 0 aliphatic heterocycles. The Kier molecular flexibility index (Phi) is 7.14. The summed E-state index contributed by atoms with van der Waals surface area (Å²) in [4.78, 5) is 23.6. The van der Waals surface area contributed by atoms with Crippen molar-refractivity contribution in [3.05, 3.63) is 54.6 Å². The maximum Gasteiger partial charge on any atom is 0.438 e. The third kappa shape index (κ3) is 5.82. The van der Waals surface area contributed by atoms with E-state index in [0.29, 0.717) is 0 Å². The Morgan fingerprint density at radius 1 is 0.970 bits per heavy atom. The van der Waals surface area contributed by atoms with Gasteiger partial charge >= 0.3 is 29.9 Å². The fourth-order valence-electron chi connectivity index (χ4n) is 2.84. The van der Waals surface area contributed by atoms with Crippen LogP contribution >= 0.6 is 0 Å². The van der Waals surface area contributed by atoms with Crippen LogP contribution in [-0.4, -0.2) is 48.6 Å². The Hall–Kier alpha value is -3.13. The van der Waals surface area contributed by atoms with Crippen molar-refractivity contribution in [3.8, 4) is 5.75 Å². The molecule has 0 fully saturated rings. The molecule has 0 unspecified atom stereocenters. The van der Waals surface area contributed by atoms with Crippen LogP contribution in [0.15, 0.2) is 49.1 Å². The zero-order chi connectivity index (χ0) is 25.2. The zero-order valence-corrected chi connectivity index (χ0v) is 17.1. The monoisotopic (exact) mass is 500 g/mol. The first-order chi connectivity index (χ1) is 15.0. The Balaban J connectivity index is 2.49. The van der Waals surface area contributed by atoms with Gasteiger partial charge < -0.3 is 9.47 Å². The minimum Gasteiger partial charge on any atom is -0.438 e. The standard InChI is InChI=1S/C19H14F6O7S/c1-2-15(26)31-14-8-7-11(12-5-3-4-6-13(12)14)9-16(27)32-17(18(20,21)22,19(23,24)25)10-33(28,29)30/h2-8H,1,9-10H2,(H,28,29,30). The van der Waals surface area contributed by atoms with Crippen LogP contribution in [0.2, 0.25) is 0 Å². The van der Waals surface area contributed by atoms with Crippen molar-refractivity contribution in [1.82, 2.24) is 0 Å². The predicted molar refractivity (Wildman–Crippen MR) is 101 cm³/mol. The van der Waals surface area contributed by atoms with Crippen molar-refractivity contribution in [1.29, 1.82) is 0 Å². The molecule has 0 saturated heterocycles. The van der Waals surface area contributed by atoms with Crippen molar-refractivity contribution < 1.29 is 58.4 Å². The molecular weight excluding hydrogens is 486 g/mol. The Bertz CT molecular complexity index is 1170. The summed E-state index contributed by atoms with van der Waals surface area (Å²) in [7, 11) is -5.89. The summed E-state index contributed by atoms with van der Waals surface area (Å²) in [5.41, 5.74) is -5.61. The van der Waals surface area contributed by atoms with E-state index in [2.05, 4.69) is 11.3 Å². The molecule has 0 spiro atoms. The van der Waals surface area contributed by atoms with Crippen molar-refractivity contribution in [3.63, 3.8) is 0 Å². The minimum atomic E-state index is -6.43. The van der Waals surface area contributed by atoms with E-state index in [1.165, 1.54) is 24.3 Å². The molecule has 1 N–H and O–H groups in total. The molecule has 2 rings (SSSR count). The summed E-state index contributed by atoms with van der Waals surface area (Å²) in [5, 5.41) is 0.317. The summed E-state index contributed by atoms with van der Waals surface area (Å²) in [6, 6.07) is 7.92. The van der Waals surface area contributed by atoms with E-state index in [-0.39, 0.29) is 22.1 Å². The SMILES string of the molecule is C=CC(=O)Oc1ccc(CC(=O)OC(CS(=O)(=O)O)(C(F)(F)F)C(F)(F)F)c2ccccc12. The molecule has 0 amide bonds. The van der Waals surface area contributed by atoms with Crippen LogP contribution in [0.1, 0.15) is 5.56 Å². The number of hydrogen-bond donors (Lipinski definition) is 1. The average molecular weight is 500 g/mol. The largest absolute Gasteiger partial charge is 0.438 e. The smallest absolute Gasteiger partial charge is 0.438 e. The van der Waals surface area contributed by atoms with Crippen molar-refractivity contribution in [2.75, 3.05) is 5.75 Å². The van der Waals surface area contributed by atoms with Crippen molar-refractivity contribution in [2.24, 2.45) is 0 Å². The normalized spacial score (nSPS) is 12.9. The van der Waals surface area contributed by atoms with Gasteiger partial charge in [0.1, 0.15) is 11.5 Å². The van der Waals surface area contributed by atoms with E-state index in [9.17, 15) is 44.3 Å². The lowest BCUT2D eigenvalue weighted by Gasteiger charge is -2.35. The summed E-state index contributed by atoms with van der Waals surface area (Å²) in [6.45, 7) is 3.21. The number of fused-ring (bicyclic) bond motifs is 1. The lowest BCUT2D eigenvalue weighted by Crippen LogP contribution is -2.63. The zero-order valence-electron chi connectivity index (χ0n) is 16.2. The van der Waals surface area contributed by atoms with Gasteiger partial charge in [0, 0.05) is 11.5 Å². The van der Waals surface area contributed by atoms with Crippen LogP contribution in [0.5, 0.6) is 5.75 Å². The molecule has 2 aromatic rings. The number of esters is 2. The van der Waals surface area contributed by atoms with Crippen LogP contribution in [-0.2, 0) is 30.9 Å². The van der Waals surface area contributed by atoms with E-state index in [1.807, 2.05) is 0 Å². The van der Waals surface area contributed by atoms with Gasteiger partial charge in [-0.2, -0.15) is 34.8 Å². The van der Waals surface area contributed by atoms with Gasteiger partial charge in [-0.25, -0.2) is 4.79 Å². The highest BCUT2D eigenvalue weighted by Crippen LogP contribution is 2.47. The predicted octanol–water partition coefficient (Wildman–Crippen LogP) is 3.77. The number of halogens is 6. The molecule has 0 aromatic heterocycles. The number of rotatable bonds is 7. The van der Waals surface area contributed by atoms with E-state index in [4.69, 9.17) is 9.29 Å². The van der Waals surface area contributed by atoms with Crippen LogP contribution in [0.4, 0.5) is 26.3 Å². The van der Waals surface area contributed by atoms with Gasteiger partial charge in [-0.1, -0.05) is 36.9 Å². The summed E-state index contributed by atoms with van der Waals surface area (Å²) in [6.07, 6.45) is -13.2. The molecule has 0 aliphatic rings. The summed E-state index contributed by atoms with van der Waals surface area (Å²) in [5.74, 6) is -5.93. The molecule has 0 aliphatic carbocycles. The highest BCUT2D eigenvalue weighted by atomic mass is 32.2. The molecule has 14 heteroatoms. The summed E-state index contributed by atoms with van der Waals surface area (Å²) < 4.78 is 119. The molecule has 7 nitrogen and oxygen atoms in total. The van der Waals surface area contributed by atoms with E-state index < -0.39 is 52.2 Å². The number of benzene rings is 2. The topological polar surface area (TPSA) is 107 Å². The van der Waals surface area contributed by atoms with Crippen molar-refractivity contribution in [2.45, 2.75) is 24.4 Å². The van der Waals surface area contributed by atoms with E-state index in [0.717, 1.165) is 18.2 Å². The first-order valence-electron chi connectivity index (χ1n) is 8.66. The van der Waals surface area contributed by atoms with E-state index >= 15 is 0 Å². The lowest BCUT2D eigenvalue weighted by atomic mass is 10.0. The molecule has 0 atom stereocenters. The number of alkyl halides is 6. The second kappa shape index (κ2) is 9.02. The molecule has 0 saturated carbocycles. The van der Waals surface area contributed by atoms with Crippen LogP contribution in [0, 0.1) is 0 Å². The number of carbonyl (C=O) groups is 2. The molecule has 180 valence electrons. The number of hydrogen-bond acceptors (Lipinski definition) is 6. The van der Waals surface area contributed by atoms with Gasteiger partial charge in [0.15, 0.2) is 0 Å². The van der Waals surface area contributed by atoms with Crippen LogP contribution < -0.4 is 4.74 Å². The maximum atomic E-state index is 13.3. The highest BCUT2D eigenvalue weighted by Gasteiger charge is 2.75. The van der Waals surface area contributed by atoms with Gasteiger partial charge in [0.2, 0.25) is 0 Å². The van der Waals surface area contributed by atoms with Crippen molar-refractivity contribution >= 4 is 32.8 Å². The average Bonchev–Trinajstić information content (AvgIpc) is 2.66. The fraction of sp³-hybridized carbons (Fsp3) is 0.263. The molecule has 2 aromatic carbocycles. The number of carbonyl (C=O) groups excluding carboxylic acids is 2. The van der Waals surface area contributed by atoms with Gasteiger partial charge in [-0.05, 0) is 17.0 Å². The second-order valence-electron chi connectivity index (χ2n) is 6.59. The molecule has 0 radical (unpaired) electrons. The second-order valence-corrected chi connectivity index (χ2v) is 8.05. The van der Waals surface area contributed by atoms with Crippen LogP contribution in [0.25, 0.3) is 10.8 Å². The highest BCUT2D eigenvalue weighted by molar-refractivity contribution is 7.85. The summed E-state index contributed by atoms with van der Waals surface area (Å²) >= 11 is 0. The van der Waals surface area contributed by atoms with Gasteiger partial charge in [0.25, 0.3) is 10.1 Å². The van der Waals surface area contributed by atoms with Gasteiger partial charge in [0.05, 0.1) is 6.42 Å². The Labute approximate surface area is 182 Å². The maximum absolute atomic E-state index is 13.3. The Morgan fingerprint density at radius 3 is 2.00 bits per heavy atom. The van der Waals surface area contributed by atoms with E-state index in [1.54, 1.807) is 0 Å². The molecular formula is C19H14F6O7S. The first kappa shape index (κ1) is 26.1.